The van der Waals surface area contributed by atoms with Gasteiger partial charge in [0.1, 0.15) is 5.56 Å². The lowest BCUT2D eigenvalue weighted by atomic mass is 10.0. The number of halogens is 1. The van der Waals surface area contributed by atoms with E-state index in [0.29, 0.717) is 35.5 Å². The molecule has 0 saturated heterocycles. The van der Waals surface area contributed by atoms with Crippen LogP contribution in [0.15, 0.2) is 63.1 Å². The summed E-state index contributed by atoms with van der Waals surface area (Å²) < 4.78 is 2.42. The Morgan fingerprint density at radius 1 is 0.895 bits per heavy atom. The van der Waals surface area contributed by atoms with Crippen LogP contribution in [0, 0.1) is 0 Å². The Balaban J connectivity index is 2.00. The lowest BCUT2D eigenvalue weighted by molar-refractivity contribution is 0.103. The van der Waals surface area contributed by atoms with Crippen molar-refractivity contribution < 1.29 is 9.90 Å². The molecule has 0 aliphatic carbocycles. The average molecular weight is 538 g/mol. The number of carbonyl (C=O) groups is 1. The molecule has 1 aromatic heterocycles. The van der Waals surface area contributed by atoms with Crippen LogP contribution in [-0.2, 0) is 13.1 Å². The molecule has 202 valence electrons. The maximum Gasteiger partial charge on any atom is 0.333 e. The van der Waals surface area contributed by atoms with Gasteiger partial charge < -0.3 is 5.11 Å². The maximum atomic E-state index is 13.3. The van der Waals surface area contributed by atoms with Gasteiger partial charge in [0, 0.05) is 35.5 Å². The summed E-state index contributed by atoms with van der Waals surface area (Å²) in [5.41, 5.74) is -0.161. The molecule has 0 fully saturated rings. The monoisotopic (exact) mass is 537 g/mol. The molecule has 0 saturated carbocycles. The SMILES string of the molecule is CCCCCCCCn1c(O)c(C=Nc2cc(Cl)ccc2C(=O)c2ccccc2)c(=O)n(CCCC)c1=O. The smallest absolute Gasteiger partial charge is 0.333 e. The van der Waals surface area contributed by atoms with Crippen molar-refractivity contribution >= 4 is 29.3 Å². The molecule has 2 aromatic carbocycles. The zero-order chi connectivity index (χ0) is 27.5. The minimum absolute atomic E-state index is 0.0928. The molecule has 38 heavy (non-hydrogen) atoms. The van der Waals surface area contributed by atoms with Crippen molar-refractivity contribution in [3.8, 4) is 5.88 Å². The summed E-state index contributed by atoms with van der Waals surface area (Å²) in [7, 11) is 0. The van der Waals surface area contributed by atoms with Crippen molar-refractivity contribution in [1.82, 2.24) is 9.13 Å². The number of aliphatic imine (C=N–C) groups is 1. The molecule has 3 rings (SSSR count). The number of rotatable bonds is 14. The molecule has 1 heterocycles. The predicted molar refractivity (Wildman–Crippen MR) is 153 cm³/mol. The van der Waals surface area contributed by atoms with E-state index in [4.69, 9.17) is 11.6 Å². The first-order chi connectivity index (χ1) is 18.4. The zero-order valence-corrected chi connectivity index (χ0v) is 22.9. The van der Waals surface area contributed by atoms with Crippen LogP contribution >= 0.6 is 11.6 Å². The maximum absolute atomic E-state index is 13.3. The largest absolute Gasteiger partial charge is 0.494 e. The third kappa shape index (κ3) is 7.32. The molecule has 0 aliphatic heterocycles. The van der Waals surface area contributed by atoms with Crippen LogP contribution in [0.1, 0.15) is 86.7 Å². The third-order valence-corrected chi connectivity index (χ3v) is 6.71. The van der Waals surface area contributed by atoms with Gasteiger partial charge in [0.2, 0.25) is 5.88 Å². The number of aromatic hydroxyl groups is 1. The van der Waals surface area contributed by atoms with E-state index in [9.17, 15) is 19.5 Å². The summed E-state index contributed by atoms with van der Waals surface area (Å²) in [6.45, 7) is 4.69. The van der Waals surface area contributed by atoms with Gasteiger partial charge in [-0.2, -0.15) is 0 Å². The second-order valence-corrected chi connectivity index (χ2v) is 9.80. The summed E-state index contributed by atoms with van der Waals surface area (Å²) in [5, 5.41) is 11.4. The van der Waals surface area contributed by atoms with Crippen molar-refractivity contribution in [2.24, 2.45) is 4.99 Å². The highest BCUT2D eigenvalue weighted by atomic mass is 35.5. The highest BCUT2D eigenvalue weighted by Gasteiger charge is 2.18. The number of benzene rings is 2. The number of ketones is 1. The van der Waals surface area contributed by atoms with E-state index in [0.717, 1.165) is 36.7 Å². The number of carbonyl (C=O) groups excluding carboxylic acids is 1. The first-order valence-electron chi connectivity index (χ1n) is 13.4. The minimum Gasteiger partial charge on any atom is -0.494 e. The van der Waals surface area contributed by atoms with Crippen molar-refractivity contribution in [1.29, 1.82) is 0 Å². The molecule has 0 unspecified atom stereocenters. The molecule has 0 aliphatic rings. The van der Waals surface area contributed by atoms with E-state index in [-0.39, 0.29) is 23.6 Å². The Morgan fingerprint density at radius 3 is 2.26 bits per heavy atom. The van der Waals surface area contributed by atoms with Crippen molar-refractivity contribution in [3.63, 3.8) is 0 Å². The topological polar surface area (TPSA) is 93.7 Å². The predicted octanol–water partition coefficient (Wildman–Crippen LogP) is 6.51. The van der Waals surface area contributed by atoms with Gasteiger partial charge in [-0.1, -0.05) is 94.3 Å². The van der Waals surface area contributed by atoms with Gasteiger partial charge in [-0.05, 0) is 31.0 Å². The van der Waals surface area contributed by atoms with E-state index in [1.807, 2.05) is 13.0 Å². The van der Waals surface area contributed by atoms with Gasteiger partial charge >= 0.3 is 5.69 Å². The summed E-state index contributed by atoms with van der Waals surface area (Å²) in [6.07, 6.45) is 8.83. The zero-order valence-electron chi connectivity index (χ0n) is 22.2. The molecule has 7 nitrogen and oxygen atoms in total. The molecule has 3 aromatic rings. The number of unbranched alkanes of at least 4 members (excludes halogenated alkanes) is 6. The van der Waals surface area contributed by atoms with Crippen molar-refractivity contribution in [3.05, 3.63) is 91.1 Å². The Bertz CT molecular complexity index is 1380. The lowest BCUT2D eigenvalue weighted by Gasteiger charge is -2.14. The number of aromatic nitrogens is 2. The first kappa shape index (κ1) is 29.1. The van der Waals surface area contributed by atoms with Crippen LogP contribution in [0.25, 0.3) is 0 Å². The molecular weight excluding hydrogens is 502 g/mol. The Labute approximate surface area is 228 Å². The van der Waals surface area contributed by atoms with Crippen LogP contribution in [0.5, 0.6) is 5.88 Å². The second kappa shape index (κ2) is 14.5. The number of nitrogens with zero attached hydrogens (tertiary/aromatic N) is 3. The van der Waals surface area contributed by atoms with Crippen LogP contribution in [-0.4, -0.2) is 26.2 Å². The fourth-order valence-electron chi connectivity index (χ4n) is 4.27. The van der Waals surface area contributed by atoms with E-state index >= 15 is 0 Å². The Kier molecular flexibility index (Phi) is 11.1. The van der Waals surface area contributed by atoms with Crippen molar-refractivity contribution in [2.75, 3.05) is 0 Å². The van der Waals surface area contributed by atoms with Gasteiger partial charge in [0.15, 0.2) is 5.78 Å². The highest BCUT2D eigenvalue weighted by Crippen LogP contribution is 2.26. The first-order valence-corrected chi connectivity index (χ1v) is 13.8. The second-order valence-electron chi connectivity index (χ2n) is 9.36. The van der Waals surface area contributed by atoms with Crippen molar-refractivity contribution in [2.45, 2.75) is 78.3 Å². The fraction of sp³-hybridized carbons (Fsp3) is 0.400. The van der Waals surface area contributed by atoms with E-state index in [1.54, 1.807) is 36.4 Å². The summed E-state index contributed by atoms with van der Waals surface area (Å²) in [4.78, 5) is 43.9. The van der Waals surface area contributed by atoms with E-state index in [2.05, 4.69) is 11.9 Å². The van der Waals surface area contributed by atoms with Crippen LogP contribution in [0.2, 0.25) is 5.02 Å². The average Bonchev–Trinajstić information content (AvgIpc) is 2.92. The van der Waals surface area contributed by atoms with Crippen LogP contribution in [0.3, 0.4) is 0 Å². The summed E-state index contributed by atoms with van der Waals surface area (Å²) in [6, 6.07) is 13.5. The van der Waals surface area contributed by atoms with Gasteiger partial charge in [-0.15, -0.1) is 0 Å². The minimum atomic E-state index is -0.609. The molecular formula is C30H36ClN3O4. The number of hydrogen-bond acceptors (Lipinski definition) is 5. The normalized spacial score (nSPS) is 11.3. The van der Waals surface area contributed by atoms with Crippen LogP contribution < -0.4 is 11.2 Å². The molecule has 0 amide bonds. The molecule has 8 heteroatoms. The molecule has 0 spiro atoms. The van der Waals surface area contributed by atoms with Gasteiger partial charge in [-0.25, -0.2) is 4.79 Å². The molecule has 0 radical (unpaired) electrons. The molecule has 0 atom stereocenters. The lowest BCUT2D eigenvalue weighted by Crippen LogP contribution is -2.41. The van der Waals surface area contributed by atoms with Crippen LogP contribution in [0.4, 0.5) is 5.69 Å². The number of hydrogen-bond donors (Lipinski definition) is 1. The molecule has 1 N–H and O–H groups in total. The quantitative estimate of drug-likeness (QED) is 0.144. The standard InChI is InChI=1S/C30H36ClN3O4/c1-3-5-7-8-9-13-19-34-29(37)25(28(36)33(30(34)38)18-6-4-2)21-32-26-20-23(31)16-17-24(26)27(35)22-14-11-10-12-15-22/h10-12,14-17,20-21,37H,3-9,13,18-19H2,1-2H3. The van der Waals surface area contributed by atoms with E-state index < -0.39 is 17.1 Å². The van der Waals surface area contributed by atoms with Gasteiger partial charge in [0.05, 0.1) is 5.69 Å². The molecule has 0 bridgehead atoms. The third-order valence-electron chi connectivity index (χ3n) is 6.48. The Morgan fingerprint density at radius 2 is 1.55 bits per heavy atom. The van der Waals surface area contributed by atoms with E-state index in [1.165, 1.54) is 23.3 Å². The summed E-state index contributed by atoms with van der Waals surface area (Å²) >= 11 is 6.20. The van der Waals surface area contributed by atoms with Gasteiger partial charge in [0.25, 0.3) is 5.56 Å². The summed E-state index contributed by atoms with van der Waals surface area (Å²) in [5.74, 6) is -0.657. The highest BCUT2D eigenvalue weighted by molar-refractivity contribution is 6.31. The van der Waals surface area contributed by atoms with Gasteiger partial charge in [-0.3, -0.25) is 23.7 Å². The Hall–Kier alpha value is -3.45. The fourth-order valence-corrected chi connectivity index (χ4v) is 4.44.